The Bertz CT molecular complexity index is 170. The van der Waals surface area contributed by atoms with Gasteiger partial charge in [-0.15, -0.1) is 0 Å². The molecule has 1 unspecified atom stereocenters. The SMILES string of the molecule is CNC(C)CN(C(C)=O)C(=O)Cl. The predicted molar refractivity (Wildman–Crippen MR) is 47.2 cm³/mol. The van der Waals surface area contributed by atoms with E-state index in [0.717, 1.165) is 4.90 Å². The summed E-state index contributed by atoms with van der Waals surface area (Å²) < 4.78 is 0. The fraction of sp³-hybridized carbons (Fsp3) is 0.714. The van der Waals surface area contributed by atoms with Gasteiger partial charge in [-0.1, -0.05) is 0 Å². The van der Waals surface area contributed by atoms with E-state index in [1.165, 1.54) is 6.92 Å². The van der Waals surface area contributed by atoms with E-state index in [1.807, 2.05) is 6.92 Å². The van der Waals surface area contributed by atoms with Crippen molar-refractivity contribution in [3.05, 3.63) is 0 Å². The van der Waals surface area contributed by atoms with Crippen LogP contribution >= 0.6 is 11.6 Å². The van der Waals surface area contributed by atoms with Crippen molar-refractivity contribution < 1.29 is 9.59 Å². The van der Waals surface area contributed by atoms with Crippen molar-refractivity contribution in [1.82, 2.24) is 10.2 Å². The topological polar surface area (TPSA) is 49.4 Å². The molecule has 0 bridgehead atoms. The second-order valence-corrected chi connectivity index (χ2v) is 2.90. The number of halogens is 1. The number of hydrogen-bond acceptors (Lipinski definition) is 3. The monoisotopic (exact) mass is 192 g/mol. The lowest BCUT2D eigenvalue weighted by atomic mass is 10.3. The zero-order chi connectivity index (χ0) is 9.72. The van der Waals surface area contributed by atoms with Crippen molar-refractivity contribution in [1.29, 1.82) is 0 Å². The number of nitrogens with zero attached hydrogens (tertiary/aromatic N) is 1. The van der Waals surface area contributed by atoms with Crippen molar-refractivity contribution in [2.75, 3.05) is 13.6 Å². The van der Waals surface area contributed by atoms with Crippen LogP contribution in [0.1, 0.15) is 13.8 Å². The average Bonchev–Trinajstić information content (AvgIpc) is 1.98. The number of carbonyl (C=O) groups excluding carboxylic acids is 2. The molecule has 0 saturated heterocycles. The van der Waals surface area contributed by atoms with Gasteiger partial charge in [-0.3, -0.25) is 14.5 Å². The van der Waals surface area contributed by atoms with Gasteiger partial charge in [-0.05, 0) is 25.6 Å². The lowest BCUT2D eigenvalue weighted by Gasteiger charge is -2.19. The smallest absolute Gasteiger partial charge is 0.315 e. The van der Waals surface area contributed by atoms with Crippen LogP contribution in [0.2, 0.25) is 0 Å². The van der Waals surface area contributed by atoms with Crippen LogP contribution in [-0.4, -0.2) is 35.8 Å². The van der Waals surface area contributed by atoms with Crippen LogP contribution in [0, 0.1) is 0 Å². The summed E-state index contributed by atoms with van der Waals surface area (Å²) in [6.45, 7) is 3.46. The minimum Gasteiger partial charge on any atom is -0.315 e. The summed E-state index contributed by atoms with van der Waals surface area (Å²) in [6, 6.07) is 0.0524. The summed E-state index contributed by atoms with van der Waals surface area (Å²) in [4.78, 5) is 22.5. The van der Waals surface area contributed by atoms with Crippen molar-refractivity contribution >= 4 is 22.9 Å². The van der Waals surface area contributed by atoms with Gasteiger partial charge in [-0.2, -0.15) is 0 Å². The molecule has 1 N–H and O–H groups in total. The molecule has 0 aliphatic heterocycles. The van der Waals surface area contributed by atoms with Crippen molar-refractivity contribution in [3.8, 4) is 0 Å². The summed E-state index contributed by atoms with van der Waals surface area (Å²) in [5.74, 6) is -0.336. The van der Waals surface area contributed by atoms with Crippen LogP contribution in [0.25, 0.3) is 0 Å². The highest BCUT2D eigenvalue weighted by Crippen LogP contribution is 1.98. The molecule has 5 heteroatoms. The first-order valence-electron chi connectivity index (χ1n) is 3.63. The molecule has 0 aliphatic carbocycles. The summed E-state index contributed by atoms with van der Waals surface area (Å²) in [5.41, 5.74) is 0. The third-order valence-corrected chi connectivity index (χ3v) is 1.75. The second-order valence-electron chi connectivity index (χ2n) is 2.57. The van der Waals surface area contributed by atoms with E-state index in [0.29, 0.717) is 6.54 Å². The molecule has 0 rings (SSSR count). The summed E-state index contributed by atoms with van der Waals surface area (Å²) in [5, 5.41) is 2.17. The molecule has 0 aromatic heterocycles. The Hall–Kier alpha value is -0.610. The molecule has 0 aliphatic rings. The molecule has 4 nitrogen and oxygen atoms in total. The fourth-order valence-corrected chi connectivity index (χ4v) is 0.877. The molecule has 0 aromatic carbocycles. The van der Waals surface area contributed by atoms with Gasteiger partial charge >= 0.3 is 5.37 Å². The van der Waals surface area contributed by atoms with Crippen LogP contribution in [0.3, 0.4) is 0 Å². The van der Waals surface area contributed by atoms with Crippen LogP contribution in [0.15, 0.2) is 0 Å². The molecule has 0 heterocycles. The Morgan fingerprint density at radius 3 is 2.33 bits per heavy atom. The number of rotatable bonds is 3. The third-order valence-electron chi connectivity index (χ3n) is 1.54. The van der Waals surface area contributed by atoms with Gasteiger partial charge < -0.3 is 5.32 Å². The van der Waals surface area contributed by atoms with Crippen LogP contribution in [0.4, 0.5) is 4.79 Å². The first-order valence-corrected chi connectivity index (χ1v) is 4.01. The maximum absolute atomic E-state index is 10.8. The molecule has 12 heavy (non-hydrogen) atoms. The Kier molecular flexibility index (Phi) is 4.85. The molecule has 0 saturated carbocycles. The molecule has 70 valence electrons. The molecule has 2 amide bonds. The largest absolute Gasteiger partial charge is 0.323 e. The van der Waals surface area contributed by atoms with Crippen LogP contribution in [0.5, 0.6) is 0 Å². The first-order chi connectivity index (χ1) is 5.49. The molecule has 1 atom stereocenters. The van der Waals surface area contributed by atoms with E-state index in [-0.39, 0.29) is 11.9 Å². The number of likely N-dealkylation sites (N-methyl/N-ethyl adjacent to an activating group) is 1. The van der Waals surface area contributed by atoms with Crippen molar-refractivity contribution in [2.45, 2.75) is 19.9 Å². The Morgan fingerprint density at radius 1 is 1.58 bits per heavy atom. The maximum atomic E-state index is 10.8. The molecule has 0 spiro atoms. The number of hydrogen-bond donors (Lipinski definition) is 1. The number of imide groups is 1. The van der Waals surface area contributed by atoms with Gasteiger partial charge in [0.05, 0.1) is 0 Å². The van der Waals surface area contributed by atoms with Gasteiger partial charge in [-0.25, -0.2) is 0 Å². The third kappa shape index (κ3) is 3.69. The van der Waals surface area contributed by atoms with Gasteiger partial charge in [0.15, 0.2) is 0 Å². The van der Waals surface area contributed by atoms with Gasteiger partial charge in [0.1, 0.15) is 0 Å². The predicted octanol–water partition coefficient (Wildman–Crippen LogP) is 0.802. The Balaban J connectivity index is 4.14. The van der Waals surface area contributed by atoms with Crippen molar-refractivity contribution in [2.24, 2.45) is 0 Å². The van der Waals surface area contributed by atoms with E-state index >= 15 is 0 Å². The van der Waals surface area contributed by atoms with Gasteiger partial charge in [0.25, 0.3) is 0 Å². The number of nitrogens with one attached hydrogen (secondary N) is 1. The summed E-state index contributed by atoms with van der Waals surface area (Å²) in [7, 11) is 1.75. The van der Waals surface area contributed by atoms with E-state index < -0.39 is 5.37 Å². The lowest BCUT2D eigenvalue weighted by Crippen LogP contribution is -2.41. The zero-order valence-corrected chi connectivity index (χ0v) is 8.18. The molecule has 0 fully saturated rings. The quantitative estimate of drug-likeness (QED) is 0.532. The standard InChI is InChI=1S/C7H13ClN2O2/c1-5(9-3)4-10(6(2)11)7(8)12/h5,9H,4H2,1-3H3. The average molecular weight is 193 g/mol. The summed E-state index contributed by atoms with van der Waals surface area (Å²) in [6.07, 6.45) is 0. The highest BCUT2D eigenvalue weighted by Gasteiger charge is 2.17. The minimum atomic E-state index is -0.732. The summed E-state index contributed by atoms with van der Waals surface area (Å²) >= 11 is 5.18. The maximum Gasteiger partial charge on any atom is 0.323 e. The minimum absolute atomic E-state index is 0.0524. The van der Waals surface area contributed by atoms with E-state index in [4.69, 9.17) is 11.6 Å². The van der Waals surface area contributed by atoms with Crippen LogP contribution < -0.4 is 5.32 Å². The first kappa shape index (κ1) is 11.4. The highest BCUT2D eigenvalue weighted by molar-refractivity contribution is 6.64. The molecule has 0 aromatic rings. The lowest BCUT2D eigenvalue weighted by molar-refractivity contribution is -0.125. The fourth-order valence-electron chi connectivity index (χ4n) is 0.689. The van der Waals surface area contributed by atoms with Gasteiger partial charge in [0.2, 0.25) is 5.91 Å². The van der Waals surface area contributed by atoms with Crippen LogP contribution in [-0.2, 0) is 4.79 Å². The Morgan fingerprint density at radius 2 is 2.08 bits per heavy atom. The molecule has 0 radical (unpaired) electrons. The molecular weight excluding hydrogens is 180 g/mol. The normalized spacial score (nSPS) is 12.3. The van der Waals surface area contributed by atoms with Gasteiger partial charge in [0, 0.05) is 19.5 Å². The number of carbonyl (C=O) groups is 2. The highest BCUT2D eigenvalue weighted by atomic mass is 35.5. The van der Waals surface area contributed by atoms with E-state index in [1.54, 1.807) is 7.05 Å². The number of amides is 2. The second kappa shape index (κ2) is 5.11. The zero-order valence-electron chi connectivity index (χ0n) is 7.43. The Labute approximate surface area is 76.9 Å². The van der Waals surface area contributed by atoms with E-state index in [9.17, 15) is 9.59 Å². The van der Waals surface area contributed by atoms with Crippen molar-refractivity contribution in [3.63, 3.8) is 0 Å². The van der Waals surface area contributed by atoms with E-state index in [2.05, 4.69) is 5.32 Å². The molecular formula is C7H13ClN2O2.